The van der Waals surface area contributed by atoms with Crippen molar-refractivity contribution in [3.63, 3.8) is 0 Å². The number of aliphatic imine (C=N–C) groups is 1. The second-order valence-corrected chi connectivity index (χ2v) is 5.17. The van der Waals surface area contributed by atoms with Gasteiger partial charge in [-0.05, 0) is 0 Å². The minimum atomic E-state index is -0.763. The number of hydrogen-bond donors (Lipinski definition) is 1. The topological polar surface area (TPSA) is 99.4 Å². The van der Waals surface area contributed by atoms with Crippen LogP contribution in [-0.4, -0.2) is 38.2 Å². The first kappa shape index (κ1) is 16.7. The van der Waals surface area contributed by atoms with E-state index >= 15 is 0 Å². The molecular weight excluding hydrogens is 328 g/mol. The van der Waals surface area contributed by atoms with Crippen LogP contribution in [0, 0.1) is 0 Å². The molecule has 8 nitrogen and oxygen atoms in total. The van der Waals surface area contributed by atoms with Crippen LogP contribution in [0.15, 0.2) is 56.9 Å². The highest BCUT2D eigenvalue weighted by Gasteiger charge is 2.20. The van der Waals surface area contributed by atoms with Crippen molar-refractivity contribution in [3.05, 3.63) is 64.2 Å². The van der Waals surface area contributed by atoms with Crippen LogP contribution in [0.5, 0.6) is 5.75 Å². The minimum absolute atomic E-state index is 0.0131. The number of carbonyl (C=O) groups excluding carboxylic acids is 1. The predicted molar refractivity (Wildman–Crippen MR) is 87.7 cm³/mol. The Morgan fingerprint density at radius 3 is 2.80 bits per heavy atom. The van der Waals surface area contributed by atoms with Crippen molar-refractivity contribution < 1.29 is 23.5 Å². The first-order valence-corrected chi connectivity index (χ1v) is 7.53. The highest BCUT2D eigenvalue weighted by Crippen LogP contribution is 2.09. The Morgan fingerprint density at radius 1 is 1.36 bits per heavy atom. The Morgan fingerprint density at radius 2 is 2.16 bits per heavy atom. The average Bonchev–Trinajstić information content (AvgIpc) is 2.67. The molecule has 25 heavy (non-hydrogen) atoms. The van der Waals surface area contributed by atoms with Crippen molar-refractivity contribution in [2.45, 2.75) is 6.10 Å². The number of nitrogens with zero attached hydrogens (tertiary/aromatic N) is 1. The Kier molecular flexibility index (Phi) is 5.10. The number of hydroxylamine groups is 1. The van der Waals surface area contributed by atoms with E-state index in [1.165, 1.54) is 7.11 Å². The third kappa shape index (κ3) is 4.04. The molecule has 0 bridgehead atoms. The Bertz CT molecular complexity index is 831. The number of benzene rings is 1. The molecule has 1 aliphatic heterocycles. The molecule has 1 aromatic heterocycles. The quantitative estimate of drug-likeness (QED) is 0.812. The van der Waals surface area contributed by atoms with Crippen LogP contribution in [-0.2, 0) is 9.57 Å². The Balaban J connectivity index is 1.54. The van der Waals surface area contributed by atoms with Gasteiger partial charge in [-0.2, -0.15) is 0 Å². The predicted octanol–water partition coefficient (Wildman–Crippen LogP) is 1.16. The zero-order valence-corrected chi connectivity index (χ0v) is 13.4. The van der Waals surface area contributed by atoms with E-state index in [-0.39, 0.29) is 18.1 Å². The van der Waals surface area contributed by atoms with Gasteiger partial charge >= 0.3 is 5.97 Å². The van der Waals surface area contributed by atoms with E-state index in [9.17, 15) is 9.59 Å². The molecule has 0 spiro atoms. The van der Waals surface area contributed by atoms with Gasteiger partial charge in [-0.15, -0.1) is 0 Å². The van der Waals surface area contributed by atoms with Crippen LogP contribution in [0.1, 0.15) is 16.1 Å². The molecule has 0 radical (unpaired) electrons. The van der Waals surface area contributed by atoms with Crippen LogP contribution >= 0.6 is 0 Å². The number of esters is 1. The number of rotatable bonds is 5. The van der Waals surface area contributed by atoms with E-state index < -0.39 is 17.5 Å². The summed E-state index contributed by atoms with van der Waals surface area (Å²) >= 11 is 0. The third-order valence-electron chi connectivity index (χ3n) is 3.44. The molecule has 130 valence electrons. The number of methoxy groups -OCH3 is 1. The van der Waals surface area contributed by atoms with Gasteiger partial charge in [-0.25, -0.2) is 10.3 Å². The Hall–Kier alpha value is -3.13. The molecule has 0 saturated carbocycles. The lowest BCUT2D eigenvalue weighted by atomic mass is 10.2. The van der Waals surface area contributed by atoms with E-state index in [0.29, 0.717) is 12.4 Å². The maximum atomic E-state index is 11.9. The summed E-state index contributed by atoms with van der Waals surface area (Å²) < 4.78 is 14.9. The van der Waals surface area contributed by atoms with Crippen molar-refractivity contribution in [1.82, 2.24) is 5.48 Å². The first-order valence-electron chi connectivity index (χ1n) is 7.53. The lowest BCUT2D eigenvalue weighted by molar-refractivity contribution is -0.0359. The highest BCUT2D eigenvalue weighted by atomic mass is 16.7. The summed E-state index contributed by atoms with van der Waals surface area (Å²) in [4.78, 5) is 33.3. The normalized spacial score (nSPS) is 16.5. The van der Waals surface area contributed by atoms with Gasteiger partial charge in [0.15, 0.2) is 5.84 Å². The number of amidine groups is 1. The summed E-state index contributed by atoms with van der Waals surface area (Å²) in [5.41, 5.74) is 3.18. The minimum Gasteiger partial charge on any atom is -0.490 e. The van der Waals surface area contributed by atoms with Gasteiger partial charge in [0.25, 0.3) is 0 Å². The van der Waals surface area contributed by atoms with Crippen LogP contribution in [0.4, 0.5) is 0 Å². The van der Waals surface area contributed by atoms with E-state index in [1.54, 1.807) is 0 Å². The average molecular weight is 344 g/mol. The number of hydrogen-bond acceptors (Lipinski definition) is 8. The maximum absolute atomic E-state index is 11.9. The summed E-state index contributed by atoms with van der Waals surface area (Å²) in [7, 11) is 1.34. The fraction of sp³-hybridized carbons (Fsp3) is 0.235. The number of nitrogens with one attached hydrogen (secondary N) is 1. The second-order valence-electron chi connectivity index (χ2n) is 5.17. The van der Waals surface area contributed by atoms with Crippen molar-refractivity contribution in [2.24, 2.45) is 4.99 Å². The summed E-state index contributed by atoms with van der Waals surface area (Å²) in [6.45, 7) is 0.296. The summed E-state index contributed by atoms with van der Waals surface area (Å²) in [6, 6.07) is 10.5. The number of ether oxygens (including phenoxy) is 2. The van der Waals surface area contributed by atoms with Crippen LogP contribution in [0.2, 0.25) is 0 Å². The van der Waals surface area contributed by atoms with Crippen LogP contribution < -0.4 is 15.6 Å². The lowest BCUT2D eigenvalue weighted by Gasteiger charge is -2.22. The van der Waals surface area contributed by atoms with Gasteiger partial charge in [0.2, 0.25) is 16.9 Å². The van der Waals surface area contributed by atoms with Crippen molar-refractivity contribution in [2.75, 3.05) is 20.3 Å². The smallest absolute Gasteiger partial charge is 0.374 e. The maximum Gasteiger partial charge on any atom is 0.374 e. The van der Waals surface area contributed by atoms with Gasteiger partial charge in [0.1, 0.15) is 19.0 Å². The van der Waals surface area contributed by atoms with Gasteiger partial charge in [-0.1, -0.05) is 30.3 Å². The summed E-state index contributed by atoms with van der Waals surface area (Å²) in [5.74, 6) is -0.340. The van der Waals surface area contributed by atoms with E-state index in [2.05, 4.69) is 10.5 Å². The van der Waals surface area contributed by atoms with Gasteiger partial charge in [0.05, 0.1) is 13.7 Å². The second kappa shape index (κ2) is 7.63. The van der Waals surface area contributed by atoms with Gasteiger partial charge in [-0.3, -0.25) is 14.6 Å². The zero-order chi connectivity index (χ0) is 17.6. The van der Waals surface area contributed by atoms with Gasteiger partial charge < -0.3 is 13.9 Å². The van der Waals surface area contributed by atoms with E-state index in [4.69, 9.17) is 18.7 Å². The molecule has 2 heterocycles. The molecule has 2 aromatic rings. The van der Waals surface area contributed by atoms with Crippen LogP contribution in [0.3, 0.4) is 0 Å². The Labute approximate surface area is 143 Å². The molecule has 0 amide bonds. The van der Waals surface area contributed by atoms with Crippen molar-refractivity contribution >= 4 is 11.8 Å². The standard InChI is InChI=1S/C17H16N2O6/c1-22-15-10-23-14(7-13(15)20)17(21)24-9-12-8-18-16(19-25-12)11-5-3-2-4-6-11/h2-7,10,12H,8-9H2,1H3,(H,18,19)/t12-/m0/s1. The molecule has 0 saturated heterocycles. The summed E-state index contributed by atoms with van der Waals surface area (Å²) in [6.07, 6.45) is 0.620. The SMILES string of the molecule is COc1coc(C(=O)OC[C@@H]2CN=C(c3ccccc3)NO2)cc1=O. The highest BCUT2D eigenvalue weighted by molar-refractivity contribution is 5.98. The fourth-order valence-electron chi connectivity index (χ4n) is 2.13. The third-order valence-corrected chi connectivity index (χ3v) is 3.44. The molecule has 0 aliphatic carbocycles. The van der Waals surface area contributed by atoms with Crippen molar-refractivity contribution in [3.8, 4) is 5.75 Å². The van der Waals surface area contributed by atoms with Crippen molar-refractivity contribution in [1.29, 1.82) is 0 Å². The first-order chi connectivity index (χ1) is 12.2. The molecule has 1 N–H and O–H groups in total. The summed E-state index contributed by atoms with van der Waals surface area (Å²) in [5, 5.41) is 0. The lowest BCUT2D eigenvalue weighted by Crippen LogP contribution is -2.40. The molecule has 8 heteroatoms. The molecule has 1 aliphatic rings. The monoisotopic (exact) mass is 344 g/mol. The molecule has 3 rings (SSSR count). The molecule has 0 fully saturated rings. The largest absolute Gasteiger partial charge is 0.490 e. The molecule has 0 unspecified atom stereocenters. The molecular formula is C17H16N2O6. The van der Waals surface area contributed by atoms with E-state index in [1.807, 2.05) is 30.3 Å². The van der Waals surface area contributed by atoms with E-state index in [0.717, 1.165) is 17.9 Å². The molecule has 1 atom stereocenters. The fourth-order valence-corrected chi connectivity index (χ4v) is 2.13. The zero-order valence-electron chi connectivity index (χ0n) is 13.4. The molecule has 1 aromatic carbocycles. The number of carbonyl (C=O) groups is 1. The van der Waals surface area contributed by atoms with Crippen LogP contribution in [0.25, 0.3) is 0 Å². The van der Waals surface area contributed by atoms with Gasteiger partial charge in [0, 0.05) is 11.6 Å².